The molecule has 0 saturated heterocycles. The first-order valence-electron chi connectivity index (χ1n) is 3.73. The molecular formula is C7H12N2O2. The Labute approximate surface area is 65.2 Å². The molecule has 0 spiro atoms. The van der Waals surface area contributed by atoms with Crippen molar-refractivity contribution in [2.24, 2.45) is 11.7 Å². The number of nitrogens with zero attached hydrogens (tertiary/aromatic N) is 1. The molecule has 1 aliphatic carbocycles. The normalized spacial score (nSPS) is 31.3. The highest BCUT2D eigenvalue weighted by Crippen LogP contribution is 2.21. The Morgan fingerprint density at radius 2 is 2.36 bits per heavy atom. The lowest BCUT2D eigenvalue weighted by Gasteiger charge is -2.17. The van der Waals surface area contributed by atoms with Crippen molar-refractivity contribution in [3.63, 3.8) is 0 Å². The number of nitrogens with two attached hydrogens (primary N) is 1. The van der Waals surface area contributed by atoms with E-state index in [9.17, 15) is 10.1 Å². The summed E-state index contributed by atoms with van der Waals surface area (Å²) in [6.07, 6.45) is 3.35. The first kappa shape index (κ1) is 8.20. The van der Waals surface area contributed by atoms with Gasteiger partial charge in [0.15, 0.2) is 0 Å². The first-order chi connectivity index (χ1) is 5.11. The molecule has 0 bridgehead atoms. The summed E-state index contributed by atoms with van der Waals surface area (Å²) >= 11 is 0. The first-order valence-corrected chi connectivity index (χ1v) is 3.73. The lowest BCUT2D eigenvalue weighted by Crippen LogP contribution is -2.30. The van der Waals surface area contributed by atoms with Gasteiger partial charge in [0, 0.05) is 0 Å². The van der Waals surface area contributed by atoms with Crippen LogP contribution >= 0.6 is 0 Å². The Balaban J connectivity index is 2.79. The van der Waals surface area contributed by atoms with Gasteiger partial charge in [-0.2, -0.15) is 0 Å². The minimum atomic E-state index is -0.375. The summed E-state index contributed by atoms with van der Waals surface area (Å²) in [4.78, 5) is 9.99. The van der Waals surface area contributed by atoms with Gasteiger partial charge in [0.05, 0.1) is 11.0 Å². The van der Waals surface area contributed by atoms with Crippen LogP contribution in [-0.4, -0.2) is 11.0 Å². The molecule has 0 aromatic rings. The summed E-state index contributed by atoms with van der Waals surface area (Å²) < 4.78 is 0. The molecule has 4 heteroatoms. The highest BCUT2D eigenvalue weighted by Gasteiger charge is 2.25. The average molecular weight is 156 g/mol. The van der Waals surface area contributed by atoms with Crippen LogP contribution in [0.4, 0.5) is 0 Å². The van der Waals surface area contributed by atoms with Crippen LogP contribution in [0.1, 0.15) is 19.8 Å². The van der Waals surface area contributed by atoms with Gasteiger partial charge in [-0.15, -0.1) is 0 Å². The number of nitro groups is 1. The summed E-state index contributed by atoms with van der Waals surface area (Å²) in [6, 6.07) is -0.360. The Morgan fingerprint density at radius 1 is 1.73 bits per heavy atom. The van der Waals surface area contributed by atoms with E-state index in [1.54, 1.807) is 6.08 Å². The highest BCUT2D eigenvalue weighted by atomic mass is 16.6. The monoisotopic (exact) mass is 156 g/mol. The average Bonchev–Trinajstić information content (AvgIpc) is 1.94. The van der Waals surface area contributed by atoms with Crippen molar-refractivity contribution in [2.75, 3.05) is 0 Å². The minimum Gasteiger partial charge on any atom is -0.319 e. The van der Waals surface area contributed by atoms with Crippen molar-refractivity contribution < 1.29 is 4.92 Å². The Bertz CT molecular complexity index is 201. The minimum absolute atomic E-state index is 0.184. The van der Waals surface area contributed by atoms with Crippen molar-refractivity contribution in [3.05, 3.63) is 21.9 Å². The van der Waals surface area contributed by atoms with E-state index in [1.165, 1.54) is 0 Å². The Morgan fingerprint density at radius 3 is 2.82 bits per heavy atom. The number of hydrogen-bond acceptors (Lipinski definition) is 3. The van der Waals surface area contributed by atoms with Gasteiger partial charge in [-0.05, 0) is 24.8 Å². The highest BCUT2D eigenvalue weighted by molar-refractivity contribution is 5.06. The SMILES string of the molecule is CC1C=C([N+](=O)[O-])C(N)CC1. The van der Waals surface area contributed by atoms with Gasteiger partial charge in [0.1, 0.15) is 0 Å². The zero-order valence-corrected chi connectivity index (χ0v) is 6.49. The van der Waals surface area contributed by atoms with E-state index in [2.05, 4.69) is 0 Å². The van der Waals surface area contributed by atoms with Crippen molar-refractivity contribution in [3.8, 4) is 0 Å². The second kappa shape index (κ2) is 3.00. The number of hydrogen-bond donors (Lipinski definition) is 1. The second-order valence-corrected chi connectivity index (χ2v) is 3.01. The van der Waals surface area contributed by atoms with Crippen molar-refractivity contribution in [2.45, 2.75) is 25.8 Å². The van der Waals surface area contributed by atoms with Crippen LogP contribution in [0.25, 0.3) is 0 Å². The van der Waals surface area contributed by atoms with E-state index < -0.39 is 0 Å². The standard InChI is InChI=1S/C7H12N2O2/c1-5-2-3-6(8)7(4-5)9(10)11/h4-6H,2-3,8H2,1H3. The van der Waals surface area contributed by atoms with Crippen molar-refractivity contribution in [1.82, 2.24) is 0 Å². The summed E-state index contributed by atoms with van der Waals surface area (Å²) in [5.74, 6) is 0.301. The van der Waals surface area contributed by atoms with E-state index in [-0.39, 0.29) is 16.7 Å². The molecule has 62 valence electrons. The molecule has 2 N–H and O–H groups in total. The summed E-state index contributed by atoms with van der Waals surface area (Å²) in [5, 5.41) is 10.4. The molecule has 0 amide bonds. The molecule has 11 heavy (non-hydrogen) atoms. The third kappa shape index (κ3) is 1.77. The van der Waals surface area contributed by atoms with Crippen LogP contribution in [0, 0.1) is 16.0 Å². The summed E-state index contributed by atoms with van der Waals surface area (Å²) in [6.45, 7) is 1.97. The van der Waals surface area contributed by atoms with Gasteiger partial charge in [0.2, 0.25) is 0 Å². The molecule has 0 aromatic carbocycles. The lowest BCUT2D eigenvalue weighted by atomic mass is 9.92. The molecule has 0 fully saturated rings. The van der Waals surface area contributed by atoms with E-state index in [4.69, 9.17) is 5.73 Å². The number of allylic oxidation sites excluding steroid dienone is 1. The zero-order chi connectivity index (χ0) is 8.43. The smallest absolute Gasteiger partial charge is 0.259 e. The molecule has 2 unspecified atom stereocenters. The molecule has 0 heterocycles. The fourth-order valence-corrected chi connectivity index (χ4v) is 1.29. The molecule has 0 aromatic heterocycles. The summed E-state index contributed by atoms with van der Waals surface area (Å²) in [7, 11) is 0. The predicted octanol–water partition coefficient (Wildman–Crippen LogP) is 0.904. The lowest BCUT2D eigenvalue weighted by molar-refractivity contribution is -0.431. The molecule has 0 aliphatic heterocycles. The van der Waals surface area contributed by atoms with E-state index in [1.807, 2.05) is 6.92 Å². The maximum atomic E-state index is 10.4. The number of rotatable bonds is 1. The second-order valence-electron chi connectivity index (χ2n) is 3.01. The third-order valence-electron chi connectivity index (χ3n) is 1.98. The van der Waals surface area contributed by atoms with Gasteiger partial charge in [-0.1, -0.05) is 6.92 Å². The van der Waals surface area contributed by atoms with Crippen molar-refractivity contribution >= 4 is 0 Å². The van der Waals surface area contributed by atoms with E-state index in [0.717, 1.165) is 12.8 Å². The van der Waals surface area contributed by atoms with Gasteiger partial charge in [-0.3, -0.25) is 10.1 Å². The molecule has 4 nitrogen and oxygen atoms in total. The Kier molecular flexibility index (Phi) is 2.24. The quantitative estimate of drug-likeness (QED) is 0.453. The largest absolute Gasteiger partial charge is 0.319 e. The molecule has 0 radical (unpaired) electrons. The van der Waals surface area contributed by atoms with Gasteiger partial charge < -0.3 is 5.73 Å². The molecular weight excluding hydrogens is 144 g/mol. The molecule has 1 rings (SSSR count). The predicted molar refractivity (Wildman–Crippen MR) is 41.5 cm³/mol. The van der Waals surface area contributed by atoms with E-state index in [0.29, 0.717) is 5.92 Å². The topological polar surface area (TPSA) is 69.2 Å². The fourth-order valence-electron chi connectivity index (χ4n) is 1.29. The molecule has 1 aliphatic rings. The molecule has 2 atom stereocenters. The summed E-state index contributed by atoms with van der Waals surface area (Å²) in [5.41, 5.74) is 5.72. The maximum Gasteiger partial charge on any atom is 0.259 e. The van der Waals surface area contributed by atoms with Crippen LogP contribution in [0.2, 0.25) is 0 Å². The third-order valence-corrected chi connectivity index (χ3v) is 1.98. The van der Waals surface area contributed by atoms with Crippen molar-refractivity contribution in [1.29, 1.82) is 0 Å². The van der Waals surface area contributed by atoms with Gasteiger partial charge >= 0.3 is 0 Å². The van der Waals surface area contributed by atoms with Crippen LogP contribution < -0.4 is 5.73 Å². The van der Waals surface area contributed by atoms with Gasteiger partial charge in [0.25, 0.3) is 5.70 Å². The zero-order valence-electron chi connectivity index (χ0n) is 6.49. The van der Waals surface area contributed by atoms with E-state index >= 15 is 0 Å². The molecule has 0 saturated carbocycles. The fraction of sp³-hybridized carbons (Fsp3) is 0.714. The van der Waals surface area contributed by atoms with Crippen LogP contribution in [-0.2, 0) is 0 Å². The van der Waals surface area contributed by atoms with Gasteiger partial charge in [-0.25, -0.2) is 0 Å². The maximum absolute atomic E-state index is 10.4. The van der Waals surface area contributed by atoms with Crippen LogP contribution in [0.5, 0.6) is 0 Å². The Hall–Kier alpha value is -0.900. The van der Waals surface area contributed by atoms with Crippen LogP contribution in [0.15, 0.2) is 11.8 Å². The van der Waals surface area contributed by atoms with Crippen LogP contribution in [0.3, 0.4) is 0 Å².